The Labute approximate surface area is 162 Å². The first kappa shape index (κ1) is 22.0. The van der Waals surface area contributed by atoms with Gasteiger partial charge in [-0.05, 0) is 59.4 Å². The summed E-state index contributed by atoms with van der Waals surface area (Å²) in [6.45, 7) is 12.9. The maximum Gasteiger partial charge on any atom is 0.310 e. The van der Waals surface area contributed by atoms with E-state index in [1.807, 2.05) is 0 Å². The number of rotatable bonds is 6. The van der Waals surface area contributed by atoms with Gasteiger partial charge >= 0.3 is 5.97 Å². The molecule has 8 unspecified atom stereocenters. The highest BCUT2D eigenvalue weighted by Crippen LogP contribution is 2.63. The zero-order valence-electron chi connectivity index (χ0n) is 16.9. The van der Waals surface area contributed by atoms with Crippen molar-refractivity contribution in [2.24, 2.45) is 46.8 Å². The van der Waals surface area contributed by atoms with Crippen molar-refractivity contribution in [3.63, 3.8) is 0 Å². The molecule has 0 radical (unpaired) electrons. The van der Waals surface area contributed by atoms with Crippen LogP contribution in [0.25, 0.3) is 0 Å². The lowest BCUT2D eigenvalue weighted by atomic mass is 9.64. The van der Waals surface area contributed by atoms with Gasteiger partial charge in [0.15, 0.2) is 0 Å². The van der Waals surface area contributed by atoms with E-state index in [1.54, 1.807) is 0 Å². The maximum absolute atomic E-state index is 12.9. The van der Waals surface area contributed by atoms with E-state index in [4.69, 9.17) is 9.84 Å². The fourth-order valence-corrected chi connectivity index (χ4v) is 6.61. The lowest BCUT2D eigenvalue weighted by Crippen LogP contribution is -2.45. The van der Waals surface area contributed by atoms with Gasteiger partial charge in [0, 0.05) is 5.25 Å². The number of aliphatic hydroxyl groups is 2. The average Bonchev–Trinajstić information content (AvgIpc) is 2.75. The van der Waals surface area contributed by atoms with Crippen LogP contribution in [-0.4, -0.2) is 45.3 Å². The molecule has 2 fully saturated rings. The quantitative estimate of drug-likeness (QED) is 0.478. The molecular weight excluding hydrogens is 352 g/mol. The van der Waals surface area contributed by atoms with Gasteiger partial charge in [-0.15, -0.1) is 0 Å². The van der Waals surface area contributed by atoms with E-state index in [9.17, 15) is 14.5 Å². The summed E-state index contributed by atoms with van der Waals surface area (Å²) < 4.78 is 15.3. The minimum absolute atomic E-state index is 0.0563. The first-order valence-corrected chi connectivity index (χ1v) is 10.6. The van der Waals surface area contributed by atoms with E-state index in [2.05, 4.69) is 41.5 Å². The van der Waals surface area contributed by atoms with Crippen molar-refractivity contribution in [2.45, 2.75) is 59.3 Å². The van der Waals surface area contributed by atoms with Gasteiger partial charge in [-0.2, -0.15) is 0 Å². The van der Waals surface area contributed by atoms with Gasteiger partial charge in [0.1, 0.15) is 12.7 Å². The number of hydrogen-bond acceptors (Lipinski definition) is 6. The fourth-order valence-electron chi connectivity index (χ4n) is 5.88. The number of hydrogen-bond donors (Lipinski definition) is 3. The fraction of sp³-hybridized carbons (Fsp3) is 0.950. The molecule has 6 heteroatoms. The van der Waals surface area contributed by atoms with E-state index in [0.717, 1.165) is 18.5 Å². The molecule has 0 heterocycles. The Hall–Kier alpha value is -0.300. The van der Waals surface area contributed by atoms with Crippen molar-refractivity contribution in [1.82, 2.24) is 0 Å². The Morgan fingerprint density at radius 3 is 2.38 bits per heavy atom. The number of carbonyl (C=O) groups excluding carboxylic acids is 1. The Morgan fingerprint density at radius 2 is 1.92 bits per heavy atom. The Bertz CT molecular complexity index is 489. The van der Waals surface area contributed by atoms with Crippen LogP contribution < -0.4 is 0 Å². The second kappa shape index (κ2) is 8.38. The van der Waals surface area contributed by atoms with E-state index in [1.165, 1.54) is 0 Å². The van der Waals surface area contributed by atoms with Gasteiger partial charge < -0.3 is 19.5 Å². The summed E-state index contributed by atoms with van der Waals surface area (Å²) in [6, 6.07) is 0. The molecule has 0 amide bonds. The molecule has 2 rings (SSSR count). The minimum atomic E-state index is -1.06. The van der Waals surface area contributed by atoms with Crippen LogP contribution in [0.2, 0.25) is 0 Å². The van der Waals surface area contributed by atoms with Crippen molar-refractivity contribution >= 4 is 18.0 Å². The highest BCUT2D eigenvalue weighted by Gasteiger charge is 2.62. The Morgan fingerprint density at radius 1 is 1.31 bits per heavy atom. The number of carbonyl (C=O) groups is 1. The molecule has 3 N–H and O–H groups in total. The van der Waals surface area contributed by atoms with Crippen molar-refractivity contribution < 1.29 is 24.3 Å². The van der Waals surface area contributed by atoms with E-state index < -0.39 is 12.7 Å². The minimum Gasteiger partial charge on any atom is -0.463 e. The van der Waals surface area contributed by atoms with Crippen LogP contribution in [0.5, 0.6) is 0 Å². The maximum atomic E-state index is 12.9. The van der Waals surface area contributed by atoms with Crippen LogP contribution in [0, 0.1) is 46.8 Å². The van der Waals surface area contributed by atoms with Crippen molar-refractivity contribution in [3.8, 4) is 0 Å². The molecule has 0 aliphatic heterocycles. The number of esters is 1. The Kier molecular flexibility index (Phi) is 7.08. The van der Waals surface area contributed by atoms with Crippen LogP contribution in [-0.2, 0) is 9.53 Å². The van der Waals surface area contributed by atoms with Crippen LogP contribution >= 0.6 is 12.0 Å². The van der Waals surface area contributed by atoms with Crippen LogP contribution in [0.1, 0.15) is 48.0 Å². The lowest BCUT2D eigenvalue weighted by Gasteiger charge is -2.42. The largest absolute Gasteiger partial charge is 0.463 e. The van der Waals surface area contributed by atoms with Gasteiger partial charge in [0.05, 0.1) is 12.5 Å². The SMILES string of the molecule is CC(C)C1C2CC(SO)C(C(=O)OCC(O)CO)C(C2C)C1C(C)(C)C. The predicted molar refractivity (Wildman–Crippen MR) is 104 cm³/mol. The first-order chi connectivity index (χ1) is 12.0. The Balaban J connectivity index is 2.36. The molecule has 2 aliphatic rings. The topological polar surface area (TPSA) is 87.0 Å². The summed E-state index contributed by atoms with van der Waals surface area (Å²) in [7, 11) is 0. The normalized spacial score (nSPS) is 38.5. The molecule has 152 valence electrons. The zero-order chi connectivity index (χ0) is 19.8. The third kappa shape index (κ3) is 4.08. The summed E-state index contributed by atoms with van der Waals surface area (Å²) >= 11 is 0.785. The molecule has 2 saturated carbocycles. The molecule has 0 spiro atoms. The molecule has 2 bridgehead atoms. The van der Waals surface area contributed by atoms with Gasteiger partial charge in [0.2, 0.25) is 0 Å². The smallest absolute Gasteiger partial charge is 0.310 e. The molecule has 5 nitrogen and oxygen atoms in total. The van der Waals surface area contributed by atoms with Crippen molar-refractivity contribution in [3.05, 3.63) is 0 Å². The first-order valence-electron chi connectivity index (χ1n) is 9.80. The summed E-state index contributed by atoms with van der Waals surface area (Å²) in [5.74, 6) is 1.74. The highest BCUT2D eigenvalue weighted by atomic mass is 32.2. The van der Waals surface area contributed by atoms with Gasteiger partial charge in [-0.1, -0.05) is 41.5 Å². The molecule has 2 aliphatic carbocycles. The third-order valence-electron chi connectivity index (χ3n) is 6.73. The molecule has 26 heavy (non-hydrogen) atoms. The second-order valence-electron chi connectivity index (χ2n) is 9.69. The monoisotopic (exact) mass is 388 g/mol. The molecular formula is C20H36O5S. The molecule has 0 aromatic heterocycles. The van der Waals surface area contributed by atoms with E-state index >= 15 is 0 Å². The molecule has 0 aromatic carbocycles. The summed E-state index contributed by atoms with van der Waals surface area (Å²) in [6.07, 6.45) is -0.241. The lowest BCUT2D eigenvalue weighted by molar-refractivity contribution is -0.157. The zero-order valence-corrected chi connectivity index (χ0v) is 17.7. The number of ether oxygens (including phenoxy) is 1. The summed E-state index contributed by atoms with van der Waals surface area (Å²) in [5, 5.41) is 18.3. The summed E-state index contributed by atoms with van der Waals surface area (Å²) in [4.78, 5) is 12.9. The summed E-state index contributed by atoms with van der Waals surface area (Å²) in [5.41, 5.74) is 0.0563. The number of fused-ring (bicyclic) bond motifs is 2. The average molecular weight is 389 g/mol. The van der Waals surface area contributed by atoms with Crippen LogP contribution in [0.4, 0.5) is 0 Å². The van der Waals surface area contributed by atoms with Crippen LogP contribution in [0.15, 0.2) is 0 Å². The van der Waals surface area contributed by atoms with Crippen LogP contribution in [0.3, 0.4) is 0 Å². The van der Waals surface area contributed by atoms with Gasteiger partial charge in [0.25, 0.3) is 0 Å². The van der Waals surface area contributed by atoms with E-state index in [0.29, 0.717) is 29.6 Å². The molecule has 0 aromatic rings. The van der Waals surface area contributed by atoms with Crippen molar-refractivity contribution in [2.75, 3.05) is 13.2 Å². The van der Waals surface area contributed by atoms with Crippen molar-refractivity contribution in [1.29, 1.82) is 0 Å². The molecule has 8 atom stereocenters. The molecule has 0 saturated heterocycles. The predicted octanol–water partition coefficient (Wildman–Crippen LogP) is 3.29. The highest BCUT2D eigenvalue weighted by molar-refractivity contribution is 7.94. The van der Waals surface area contributed by atoms with E-state index in [-0.39, 0.29) is 35.1 Å². The third-order valence-corrected chi connectivity index (χ3v) is 7.49. The standard InChI is InChI=1S/C20H36O5S/c1-10(2)15-13-7-14(26-24)17(19(23)25-9-12(22)8-21)16(11(13)3)18(15)20(4,5)6/h10-18,21-22,24H,7-9H2,1-6H3. The van der Waals surface area contributed by atoms with Gasteiger partial charge in [-0.25, -0.2) is 0 Å². The van der Waals surface area contributed by atoms with Gasteiger partial charge in [-0.3, -0.25) is 4.79 Å². The second-order valence-corrected chi connectivity index (χ2v) is 10.5. The number of aliphatic hydroxyl groups excluding tert-OH is 2.